The minimum absolute atomic E-state index is 0.00137. The number of amides is 1. The number of aryl methyl sites for hydroxylation is 1. The number of carbonyl (C=O) groups excluding carboxylic acids is 2. The van der Waals surface area contributed by atoms with E-state index in [0.717, 1.165) is 105 Å². The third-order valence-corrected chi connectivity index (χ3v) is 19.1. The van der Waals surface area contributed by atoms with E-state index in [-0.39, 0.29) is 47.0 Å². The molecule has 14 heteroatoms. The van der Waals surface area contributed by atoms with E-state index in [1.54, 1.807) is 25.3 Å². The number of halogens is 1. The number of ether oxygens (including phenoxy) is 2. The van der Waals surface area contributed by atoms with Gasteiger partial charge in [0.2, 0.25) is 11.5 Å². The standard InChI is InChI=1S/C50H68ClN5O7Si/c1-49(2,3)64(5,6)63-43(37-15-17-41(57)47-38(37)16-18-45(58)55-47)30-52-29-35-27-39(51)40(28-42(35)61-4)54-31-46(59)53-23-11-13-33-12-10-14-36(26-33)50(21-8-7-9-22-50)48(60)62-44-32-56-24-19-34(44)20-25-56/h10,12,14-18,26-28,34,43-44,52,54,57H,7-9,11,13,19-25,29-32H2,1-6H3,(H,53,59)(H,55,58)/t43-,44?/m0/s1. The molecule has 3 saturated heterocycles. The van der Waals surface area contributed by atoms with Gasteiger partial charge < -0.3 is 39.9 Å². The van der Waals surface area contributed by atoms with Gasteiger partial charge in [-0.3, -0.25) is 19.3 Å². The van der Waals surface area contributed by atoms with Gasteiger partial charge in [0.05, 0.1) is 41.4 Å². The Morgan fingerprint density at radius 1 is 1.03 bits per heavy atom. The maximum atomic E-state index is 14.0. The first-order valence-corrected chi connectivity index (χ1v) is 26.5. The summed E-state index contributed by atoms with van der Waals surface area (Å²) in [7, 11) is -0.667. The highest BCUT2D eigenvalue weighted by Gasteiger charge is 2.46. The molecule has 0 spiro atoms. The van der Waals surface area contributed by atoms with Crippen LogP contribution in [0.15, 0.2) is 65.5 Å². The largest absolute Gasteiger partial charge is 0.506 e. The van der Waals surface area contributed by atoms with Crippen molar-refractivity contribution in [2.24, 2.45) is 5.92 Å². The first kappa shape index (κ1) is 47.6. The van der Waals surface area contributed by atoms with Crippen LogP contribution in [0.5, 0.6) is 11.5 Å². The van der Waals surface area contributed by atoms with Gasteiger partial charge in [-0.25, -0.2) is 0 Å². The monoisotopic (exact) mass is 913 g/mol. The number of phenolic OH excluding ortho intramolecular Hbond substituents is 1. The highest BCUT2D eigenvalue weighted by Crippen LogP contribution is 2.44. The second-order valence-corrected chi connectivity index (χ2v) is 24.8. The Balaban J connectivity index is 0.919. The Hall–Kier alpha value is -4.40. The normalized spacial score (nSPS) is 20.1. The van der Waals surface area contributed by atoms with E-state index in [9.17, 15) is 19.5 Å². The van der Waals surface area contributed by atoms with E-state index < -0.39 is 13.7 Å². The summed E-state index contributed by atoms with van der Waals surface area (Å²) in [6, 6.07) is 18.8. The number of fused-ring (bicyclic) bond motifs is 4. The van der Waals surface area contributed by atoms with Crippen molar-refractivity contribution in [3.05, 3.63) is 98.3 Å². The van der Waals surface area contributed by atoms with Crippen molar-refractivity contribution in [2.75, 3.05) is 51.7 Å². The van der Waals surface area contributed by atoms with Crippen LogP contribution in [0, 0.1) is 5.92 Å². The topological polar surface area (TPSA) is 154 Å². The van der Waals surface area contributed by atoms with Crippen molar-refractivity contribution < 1.29 is 28.6 Å². The Labute approximate surface area is 384 Å². The maximum Gasteiger partial charge on any atom is 0.316 e. The minimum atomic E-state index is -2.27. The quantitative estimate of drug-likeness (QED) is 0.0372. The molecule has 4 aliphatic rings. The molecule has 3 aromatic carbocycles. The molecule has 4 aromatic rings. The van der Waals surface area contributed by atoms with Crippen molar-refractivity contribution >= 4 is 48.4 Å². The molecule has 4 fully saturated rings. The number of benzene rings is 3. The SMILES string of the molecule is COc1cc(NCC(=O)NCCCc2cccc(C3(C(=O)OC4CN5CCC4CC5)CCCCC3)c2)c(Cl)cc1CNC[C@H](O[Si](C)(C)C(C)(C)C)c1ccc(O)c2[nH]c(=O)ccc12. The van der Waals surface area contributed by atoms with Crippen LogP contribution in [0.1, 0.15) is 100 Å². The zero-order chi connectivity index (χ0) is 45.6. The third kappa shape index (κ3) is 11.0. The maximum absolute atomic E-state index is 14.0. The van der Waals surface area contributed by atoms with Crippen LogP contribution in [0.3, 0.4) is 0 Å². The summed E-state index contributed by atoms with van der Waals surface area (Å²) < 4.78 is 19.1. The molecule has 1 unspecified atom stereocenters. The van der Waals surface area contributed by atoms with E-state index in [0.29, 0.717) is 47.5 Å². The van der Waals surface area contributed by atoms with Crippen LogP contribution in [0.25, 0.3) is 10.9 Å². The van der Waals surface area contributed by atoms with Crippen LogP contribution in [0.4, 0.5) is 5.69 Å². The number of piperidine rings is 3. The molecule has 346 valence electrons. The number of methoxy groups -OCH3 is 1. The number of nitrogens with one attached hydrogen (secondary N) is 4. The zero-order valence-electron chi connectivity index (χ0n) is 38.5. The summed E-state index contributed by atoms with van der Waals surface area (Å²) in [5.41, 5.74) is 4.00. The number of anilines is 1. The number of hydrogen-bond acceptors (Lipinski definition) is 10. The van der Waals surface area contributed by atoms with Gasteiger partial charge in [-0.1, -0.05) is 82.0 Å². The predicted molar refractivity (Wildman–Crippen MR) is 257 cm³/mol. The highest BCUT2D eigenvalue weighted by atomic mass is 35.5. The van der Waals surface area contributed by atoms with Crippen molar-refractivity contribution in [3.8, 4) is 11.5 Å². The number of H-pyrrole nitrogens is 1. The number of esters is 1. The molecule has 2 atom stereocenters. The van der Waals surface area contributed by atoms with Crippen LogP contribution in [-0.2, 0) is 37.1 Å². The van der Waals surface area contributed by atoms with Gasteiger partial charge in [0.15, 0.2) is 8.32 Å². The Kier molecular flexibility index (Phi) is 15.2. The number of aromatic hydroxyl groups is 1. The second kappa shape index (κ2) is 20.4. The zero-order valence-corrected chi connectivity index (χ0v) is 40.3. The lowest BCUT2D eigenvalue weighted by Gasteiger charge is -2.45. The van der Waals surface area contributed by atoms with Crippen molar-refractivity contribution in [1.29, 1.82) is 0 Å². The summed E-state index contributed by atoms with van der Waals surface area (Å²) in [6.07, 6.45) is 8.25. The Morgan fingerprint density at radius 2 is 1.80 bits per heavy atom. The van der Waals surface area contributed by atoms with Gasteiger partial charge >= 0.3 is 5.97 Å². The minimum Gasteiger partial charge on any atom is -0.506 e. The van der Waals surface area contributed by atoms with Gasteiger partial charge in [0, 0.05) is 49.3 Å². The lowest BCUT2D eigenvalue weighted by molar-refractivity contribution is -0.167. The van der Waals surface area contributed by atoms with E-state index in [1.165, 1.54) is 6.07 Å². The average Bonchev–Trinajstić information content (AvgIpc) is 3.28. The van der Waals surface area contributed by atoms with E-state index in [2.05, 4.69) is 84.0 Å². The molecule has 1 amide bonds. The summed E-state index contributed by atoms with van der Waals surface area (Å²) in [4.78, 5) is 44.4. The first-order chi connectivity index (χ1) is 30.6. The first-order valence-electron chi connectivity index (χ1n) is 23.2. The predicted octanol–water partition coefficient (Wildman–Crippen LogP) is 8.75. The van der Waals surface area contributed by atoms with Crippen LogP contribution in [0.2, 0.25) is 23.2 Å². The fourth-order valence-electron chi connectivity index (χ4n) is 9.53. The molecule has 1 saturated carbocycles. The van der Waals surface area contributed by atoms with Crippen LogP contribution >= 0.6 is 11.6 Å². The Bertz CT molecular complexity index is 2330. The van der Waals surface area contributed by atoms with Gasteiger partial charge in [0.1, 0.15) is 17.6 Å². The van der Waals surface area contributed by atoms with Gasteiger partial charge in [0.25, 0.3) is 0 Å². The van der Waals surface area contributed by atoms with Crippen molar-refractivity contribution in [3.63, 3.8) is 0 Å². The van der Waals surface area contributed by atoms with Crippen molar-refractivity contribution in [1.82, 2.24) is 20.5 Å². The number of aromatic amines is 1. The molecule has 1 aromatic heterocycles. The van der Waals surface area contributed by atoms with Gasteiger partial charge in [-0.05, 0) is 111 Å². The summed E-state index contributed by atoms with van der Waals surface area (Å²) in [5, 5.41) is 21.4. The molecule has 0 radical (unpaired) electrons. The molecule has 4 heterocycles. The van der Waals surface area contributed by atoms with Gasteiger partial charge in [-0.15, -0.1) is 0 Å². The highest BCUT2D eigenvalue weighted by molar-refractivity contribution is 6.74. The number of carbonyl (C=O) groups is 2. The second-order valence-electron chi connectivity index (χ2n) is 19.7. The number of rotatable bonds is 18. The summed E-state index contributed by atoms with van der Waals surface area (Å²) >= 11 is 6.79. The lowest BCUT2D eigenvalue weighted by atomic mass is 9.69. The van der Waals surface area contributed by atoms with E-state index in [1.807, 2.05) is 12.1 Å². The fourth-order valence-corrected chi connectivity index (χ4v) is 11.1. The summed E-state index contributed by atoms with van der Waals surface area (Å²) in [6.45, 7) is 15.5. The fraction of sp³-hybridized carbons (Fsp3) is 0.540. The molecule has 8 rings (SSSR count). The number of aromatic nitrogens is 1. The molecule has 12 nitrogen and oxygen atoms in total. The molecule has 5 N–H and O–H groups in total. The van der Waals surface area contributed by atoms with Crippen LogP contribution < -0.4 is 26.2 Å². The molecular weight excluding hydrogens is 846 g/mol. The molecular formula is C50H68ClN5O7Si. The average molecular weight is 915 g/mol. The number of pyridine rings is 1. The lowest BCUT2D eigenvalue weighted by Crippen LogP contribution is -2.53. The molecule has 64 heavy (non-hydrogen) atoms. The number of phenols is 1. The van der Waals surface area contributed by atoms with E-state index >= 15 is 0 Å². The number of hydrogen-bond donors (Lipinski definition) is 5. The Morgan fingerprint density at radius 3 is 2.50 bits per heavy atom. The molecule has 3 aliphatic heterocycles. The summed E-state index contributed by atoms with van der Waals surface area (Å²) in [5.74, 6) is 0.908. The van der Waals surface area contributed by atoms with Gasteiger partial charge in [-0.2, -0.15) is 0 Å². The van der Waals surface area contributed by atoms with E-state index in [4.69, 9.17) is 25.5 Å². The molecule has 1 aliphatic carbocycles. The van der Waals surface area contributed by atoms with Crippen molar-refractivity contribution in [2.45, 2.75) is 121 Å². The number of nitrogens with zero attached hydrogens (tertiary/aromatic N) is 1. The third-order valence-electron chi connectivity index (χ3n) is 14.3. The molecule has 2 bridgehead atoms. The smallest absolute Gasteiger partial charge is 0.316 e. The van der Waals surface area contributed by atoms with Crippen LogP contribution in [-0.4, -0.2) is 87.7 Å².